The maximum absolute atomic E-state index is 14.9. The number of alkyl halides is 3. The van der Waals surface area contributed by atoms with Crippen LogP contribution in [0.1, 0.15) is 24.2 Å². The van der Waals surface area contributed by atoms with Gasteiger partial charge in [0.1, 0.15) is 17.1 Å². The summed E-state index contributed by atoms with van der Waals surface area (Å²) in [5.41, 5.74) is 0.792. The zero-order valence-electron chi connectivity index (χ0n) is 17.8. The molecule has 8 nitrogen and oxygen atoms in total. The van der Waals surface area contributed by atoms with E-state index in [1.54, 1.807) is 13.8 Å². The molecule has 0 saturated carbocycles. The normalized spacial score (nSPS) is 18.4. The SMILES string of the molecule is Cc1noc(-c2c(N3CCC4(CC3)OCCO4)nc3c(F)cc(OC(F)(F)F)cc3c2C)n1. The molecule has 0 radical (unpaired) electrons. The molecular formula is C21H20F4N4O4. The van der Waals surface area contributed by atoms with Gasteiger partial charge < -0.3 is 23.6 Å². The Bertz CT molecular complexity index is 1200. The Morgan fingerprint density at radius 1 is 1.06 bits per heavy atom. The van der Waals surface area contributed by atoms with Gasteiger partial charge in [-0.05, 0) is 25.5 Å². The topological polar surface area (TPSA) is 82.7 Å². The molecule has 3 aromatic rings. The third kappa shape index (κ3) is 4.08. The molecule has 0 unspecified atom stereocenters. The van der Waals surface area contributed by atoms with Gasteiger partial charge in [0.05, 0.1) is 18.8 Å². The van der Waals surface area contributed by atoms with Crippen LogP contribution in [-0.4, -0.2) is 53.6 Å². The highest BCUT2D eigenvalue weighted by Crippen LogP contribution is 2.41. The number of anilines is 1. The molecule has 2 aromatic heterocycles. The maximum Gasteiger partial charge on any atom is 0.573 e. The molecule has 33 heavy (non-hydrogen) atoms. The highest BCUT2D eigenvalue weighted by atomic mass is 19.4. The van der Waals surface area contributed by atoms with Crippen LogP contribution in [0.2, 0.25) is 0 Å². The average molecular weight is 468 g/mol. The quantitative estimate of drug-likeness (QED) is 0.527. The van der Waals surface area contributed by atoms with Crippen LogP contribution in [0.15, 0.2) is 16.7 Å². The number of piperidine rings is 1. The van der Waals surface area contributed by atoms with Gasteiger partial charge in [-0.1, -0.05) is 5.16 Å². The molecule has 5 rings (SSSR count). The van der Waals surface area contributed by atoms with Crippen molar-refractivity contribution in [2.75, 3.05) is 31.2 Å². The van der Waals surface area contributed by atoms with Gasteiger partial charge in [0.2, 0.25) is 0 Å². The summed E-state index contributed by atoms with van der Waals surface area (Å²) in [6, 6.07) is 1.78. The van der Waals surface area contributed by atoms with E-state index in [1.807, 2.05) is 4.90 Å². The number of rotatable bonds is 3. The largest absolute Gasteiger partial charge is 0.573 e. The highest BCUT2D eigenvalue weighted by Gasteiger charge is 2.41. The van der Waals surface area contributed by atoms with Gasteiger partial charge in [-0.15, -0.1) is 13.2 Å². The van der Waals surface area contributed by atoms with Crippen LogP contribution in [0.4, 0.5) is 23.4 Å². The van der Waals surface area contributed by atoms with Gasteiger partial charge in [-0.3, -0.25) is 0 Å². The minimum absolute atomic E-state index is 0.0781. The van der Waals surface area contributed by atoms with Crippen LogP contribution < -0.4 is 9.64 Å². The first-order valence-electron chi connectivity index (χ1n) is 10.4. The molecule has 1 aromatic carbocycles. The molecular weight excluding hydrogens is 448 g/mol. The van der Waals surface area contributed by atoms with Crippen LogP contribution in [0, 0.1) is 19.7 Å². The van der Waals surface area contributed by atoms with Gasteiger partial charge in [0.25, 0.3) is 5.89 Å². The summed E-state index contributed by atoms with van der Waals surface area (Å²) in [6.07, 6.45) is -3.80. The molecule has 2 fully saturated rings. The number of nitrogens with zero attached hydrogens (tertiary/aromatic N) is 4. The van der Waals surface area contributed by atoms with E-state index >= 15 is 0 Å². The number of halogens is 4. The smallest absolute Gasteiger partial charge is 0.406 e. The molecule has 0 bridgehead atoms. The number of pyridine rings is 1. The monoisotopic (exact) mass is 468 g/mol. The number of aromatic nitrogens is 3. The van der Waals surface area contributed by atoms with Crippen LogP contribution in [0.25, 0.3) is 22.4 Å². The van der Waals surface area contributed by atoms with Crippen molar-refractivity contribution in [1.29, 1.82) is 0 Å². The van der Waals surface area contributed by atoms with E-state index in [4.69, 9.17) is 14.0 Å². The molecule has 4 heterocycles. The second-order valence-electron chi connectivity index (χ2n) is 8.03. The summed E-state index contributed by atoms with van der Waals surface area (Å²) in [7, 11) is 0. The number of hydrogen-bond acceptors (Lipinski definition) is 8. The highest BCUT2D eigenvalue weighted by molar-refractivity contribution is 5.93. The third-order valence-corrected chi connectivity index (χ3v) is 5.87. The lowest BCUT2D eigenvalue weighted by Crippen LogP contribution is -2.45. The van der Waals surface area contributed by atoms with E-state index in [1.165, 1.54) is 0 Å². The Morgan fingerprint density at radius 2 is 1.76 bits per heavy atom. The molecule has 176 valence electrons. The Hall–Kier alpha value is -2.99. The zero-order valence-corrected chi connectivity index (χ0v) is 17.8. The summed E-state index contributed by atoms with van der Waals surface area (Å²) in [5, 5.41) is 3.97. The molecule has 0 atom stereocenters. The summed E-state index contributed by atoms with van der Waals surface area (Å²) < 4.78 is 74.0. The summed E-state index contributed by atoms with van der Waals surface area (Å²) in [6.45, 7) is 5.38. The van der Waals surface area contributed by atoms with Crippen molar-refractivity contribution in [3.05, 3.63) is 29.3 Å². The van der Waals surface area contributed by atoms with E-state index in [0.29, 0.717) is 68.0 Å². The first-order chi connectivity index (χ1) is 15.6. The minimum atomic E-state index is -4.96. The lowest BCUT2D eigenvalue weighted by molar-refractivity contribution is -0.274. The van der Waals surface area contributed by atoms with Gasteiger partial charge >= 0.3 is 6.36 Å². The Morgan fingerprint density at radius 3 is 2.36 bits per heavy atom. The van der Waals surface area contributed by atoms with Crippen LogP contribution in [0.3, 0.4) is 0 Å². The first-order valence-corrected chi connectivity index (χ1v) is 10.4. The number of fused-ring (bicyclic) bond motifs is 1. The van der Waals surface area contributed by atoms with Crippen molar-refractivity contribution < 1.29 is 36.3 Å². The molecule has 2 saturated heterocycles. The predicted octanol–water partition coefficient (Wildman–Crippen LogP) is 4.28. The fourth-order valence-electron chi connectivity index (χ4n) is 4.36. The number of hydrogen-bond donors (Lipinski definition) is 0. The van der Waals surface area contributed by atoms with E-state index in [0.717, 1.165) is 6.07 Å². The van der Waals surface area contributed by atoms with E-state index in [2.05, 4.69) is 19.9 Å². The molecule has 12 heteroatoms. The number of benzene rings is 1. The lowest BCUT2D eigenvalue weighted by atomic mass is 9.99. The molecule has 2 aliphatic rings. The molecule has 0 aliphatic carbocycles. The second-order valence-corrected chi connectivity index (χ2v) is 8.03. The van der Waals surface area contributed by atoms with Crippen molar-refractivity contribution >= 4 is 16.7 Å². The molecule has 1 spiro atoms. The zero-order chi connectivity index (χ0) is 23.4. The minimum Gasteiger partial charge on any atom is -0.406 e. The fraction of sp³-hybridized carbons (Fsp3) is 0.476. The van der Waals surface area contributed by atoms with E-state index < -0.39 is 23.7 Å². The van der Waals surface area contributed by atoms with Gasteiger partial charge in [-0.2, -0.15) is 4.98 Å². The summed E-state index contributed by atoms with van der Waals surface area (Å²) >= 11 is 0. The Balaban J connectivity index is 1.63. The van der Waals surface area contributed by atoms with Crippen molar-refractivity contribution in [3.8, 4) is 17.2 Å². The van der Waals surface area contributed by atoms with E-state index in [-0.39, 0.29) is 16.8 Å². The third-order valence-electron chi connectivity index (χ3n) is 5.87. The van der Waals surface area contributed by atoms with Crippen molar-refractivity contribution in [2.24, 2.45) is 0 Å². The van der Waals surface area contributed by atoms with E-state index in [9.17, 15) is 17.6 Å². The van der Waals surface area contributed by atoms with Crippen LogP contribution >= 0.6 is 0 Å². The van der Waals surface area contributed by atoms with Crippen molar-refractivity contribution in [1.82, 2.24) is 15.1 Å². The molecule has 0 amide bonds. The van der Waals surface area contributed by atoms with Crippen LogP contribution in [0.5, 0.6) is 5.75 Å². The first kappa shape index (κ1) is 21.8. The fourth-order valence-corrected chi connectivity index (χ4v) is 4.36. The predicted molar refractivity (Wildman–Crippen MR) is 107 cm³/mol. The molecule has 0 N–H and O–H groups in total. The lowest BCUT2D eigenvalue weighted by Gasteiger charge is -2.38. The number of aryl methyl sites for hydroxylation is 2. The second kappa shape index (κ2) is 7.80. The summed E-state index contributed by atoms with van der Waals surface area (Å²) in [5.74, 6) is -1.31. The van der Waals surface area contributed by atoms with Gasteiger partial charge in [0.15, 0.2) is 17.4 Å². The Kier molecular flexibility index (Phi) is 5.16. The maximum atomic E-state index is 14.9. The standard InChI is InChI=1S/C21H20F4N4O4/c1-11-14-9-13(32-21(23,24)25)10-15(22)17(14)27-18(16(11)19-26-12(2)28-33-19)29-5-3-20(4-6-29)30-7-8-31-20/h9-10H,3-8H2,1-2H3. The summed E-state index contributed by atoms with van der Waals surface area (Å²) in [4.78, 5) is 10.7. The van der Waals surface area contributed by atoms with Crippen molar-refractivity contribution in [2.45, 2.75) is 38.8 Å². The van der Waals surface area contributed by atoms with Gasteiger partial charge in [0, 0.05) is 37.4 Å². The molecule has 2 aliphatic heterocycles. The average Bonchev–Trinajstić information content (AvgIpc) is 3.37. The van der Waals surface area contributed by atoms with Crippen LogP contribution in [-0.2, 0) is 9.47 Å². The Labute approximate surface area is 185 Å². The number of ether oxygens (including phenoxy) is 3. The van der Waals surface area contributed by atoms with Crippen molar-refractivity contribution in [3.63, 3.8) is 0 Å². The van der Waals surface area contributed by atoms with Gasteiger partial charge in [-0.25, -0.2) is 9.37 Å².